The van der Waals surface area contributed by atoms with E-state index in [9.17, 15) is 8.42 Å². The molecule has 2 aromatic heterocycles. The van der Waals surface area contributed by atoms with E-state index in [-0.39, 0.29) is 5.95 Å². The van der Waals surface area contributed by atoms with Crippen molar-refractivity contribution in [3.63, 3.8) is 0 Å². The van der Waals surface area contributed by atoms with Crippen LogP contribution in [0.15, 0.2) is 48.5 Å². The van der Waals surface area contributed by atoms with Crippen LogP contribution < -0.4 is 5.73 Å². The summed E-state index contributed by atoms with van der Waals surface area (Å²) in [5, 5.41) is -0.633. The van der Waals surface area contributed by atoms with Crippen molar-refractivity contribution < 1.29 is 13.2 Å². The number of H-pyrrole nitrogens is 1. The number of nitrogen functional groups attached to an aromatic ring is 1. The molecule has 0 saturated carbocycles. The van der Waals surface area contributed by atoms with Crippen molar-refractivity contribution in [2.24, 2.45) is 0 Å². The lowest BCUT2D eigenvalue weighted by atomic mass is 10.00. The van der Waals surface area contributed by atoms with E-state index in [4.69, 9.17) is 15.5 Å². The van der Waals surface area contributed by atoms with Gasteiger partial charge in [-0.3, -0.25) is 0 Å². The molecule has 0 radical (unpaired) electrons. The highest BCUT2D eigenvalue weighted by Gasteiger charge is 2.26. The van der Waals surface area contributed by atoms with Crippen LogP contribution >= 0.6 is 0 Å². The number of hydrogen-bond acceptors (Lipinski definition) is 6. The molecular formula is C24H27N5O3S. The van der Waals surface area contributed by atoms with Gasteiger partial charge in [0.05, 0.1) is 27.7 Å². The van der Waals surface area contributed by atoms with Crippen LogP contribution in [0.2, 0.25) is 0 Å². The number of nitrogens with one attached hydrogen (secondary N) is 1. The zero-order chi connectivity index (χ0) is 23.2. The molecule has 1 saturated heterocycles. The number of hydrogen-bond donors (Lipinski definition) is 2. The lowest BCUT2D eigenvalue weighted by molar-refractivity contribution is 0.0838. The van der Waals surface area contributed by atoms with Gasteiger partial charge >= 0.3 is 0 Å². The molecule has 3 heterocycles. The quantitative estimate of drug-likeness (QED) is 0.457. The second-order valence-electron chi connectivity index (χ2n) is 8.63. The molecule has 2 aromatic carbocycles. The Kier molecular flexibility index (Phi) is 5.46. The number of imidazole rings is 2. The Morgan fingerprint density at radius 2 is 1.79 bits per heavy atom. The van der Waals surface area contributed by atoms with Gasteiger partial charge in [0.15, 0.2) is 0 Å². The number of fused-ring (bicyclic) bond motifs is 1. The lowest BCUT2D eigenvalue weighted by Gasteiger charge is -2.19. The van der Waals surface area contributed by atoms with Gasteiger partial charge in [-0.2, -0.15) is 0 Å². The Bertz CT molecular complexity index is 1400. The Balaban J connectivity index is 1.70. The van der Waals surface area contributed by atoms with Gasteiger partial charge in [-0.05, 0) is 38.8 Å². The molecule has 3 N–H and O–H groups in total. The zero-order valence-electron chi connectivity index (χ0n) is 18.7. The molecule has 0 unspecified atom stereocenters. The molecule has 1 aliphatic rings. The smallest absolute Gasteiger partial charge is 0.244 e. The third-order valence-corrected chi connectivity index (χ3v) is 8.24. The van der Waals surface area contributed by atoms with Crippen LogP contribution in [0.4, 0.5) is 5.95 Å². The summed E-state index contributed by atoms with van der Waals surface area (Å²) < 4.78 is 32.6. The molecule has 33 heavy (non-hydrogen) atoms. The SMILES string of the molecule is CC(C)S(=O)(=O)n1c(N)nc2ccc(-c3nc(C4CCOCC4)[nH]c3-c3ccccc3)cc21. The van der Waals surface area contributed by atoms with E-state index in [0.717, 1.165) is 58.4 Å². The van der Waals surface area contributed by atoms with Crippen molar-refractivity contribution in [3.8, 4) is 22.5 Å². The van der Waals surface area contributed by atoms with Crippen LogP contribution in [-0.4, -0.2) is 45.8 Å². The normalized spacial score (nSPS) is 15.5. The fourth-order valence-electron chi connectivity index (χ4n) is 4.28. The average Bonchev–Trinajstić information content (AvgIpc) is 3.41. The first-order valence-corrected chi connectivity index (χ1v) is 12.6. The number of nitrogens with two attached hydrogens (primary N) is 1. The topological polar surface area (TPSA) is 116 Å². The summed E-state index contributed by atoms with van der Waals surface area (Å²) in [7, 11) is -3.68. The van der Waals surface area contributed by atoms with Gasteiger partial charge in [-0.15, -0.1) is 0 Å². The molecule has 4 aromatic rings. The van der Waals surface area contributed by atoms with Crippen molar-refractivity contribution in [3.05, 3.63) is 54.4 Å². The van der Waals surface area contributed by atoms with Crippen LogP contribution in [0.5, 0.6) is 0 Å². The Morgan fingerprint density at radius 3 is 2.48 bits per heavy atom. The number of anilines is 1. The first-order chi connectivity index (χ1) is 15.9. The first-order valence-electron chi connectivity index (χ1n) is 11.1. The Labute approximate surface area is 192 Å². The van der Waals surface area contributed by atoms with E-state index in [0.29, 0.717) is 17.0 Å². The summed E-state index contributed by atoms with van der Waals surface area (Å²) in [5.74, 6) is 1.18. The third kappa shape index (κ3) is 3.81. The van der Waals surface area contributed by atoms with Crippen molar-refractivity contribution in [1.82, 2.24) is 18.9 Å². The second kappa shape index (κ2) is 8.31. The molecule has 172 valence electrons. The summed E-state index contributed by atoms with van der Waals surface area (Å²) in [6.45, 7) is 4.70. The fourth-order valence-corrected chi connectivity index (χ4v) is 5.42. The average molecular weight is 466 g/mol. The van der Waals surface area contributed by atoms with Gasteiger partial charge in [0.1, 0.15) is 5.82 Å². The molecule has 0 bridgehead atoms. The number of ether oxygens (including phenoxy) is 1. The van der Waals surface area contributed by atoms with Gasteiger partial charge in [-0.1, -0.05) is 36.4 Å². The minimum atomic E-state index is -3.68. The number of aromatic amines is 1. The number of rotatable bonds is 5. The highest BCUT2D eigenvalue weighted by atomic mass is 32.2. The maximum Gasteiger partial charge on any atom is 0.244 e. The van der Waals surface area contributed by atoms with Gasteiger partial charge in [0.25, 0.3) is 0 Å². The first kappa shape index (κ1) is 21.7. The molecule has 0 atom stereocenters. The van der Waals surface area contributed by atoms with Crippen molar-refractivity contribution >= 4 is 27.0 Å². The Morgan fingerprint density at radius 1 is 1.06 bits per heavy atom. The molecular weight excluding hydrogens is 438 g/mol. The minimum absolute atomic E-state index is 0.0379. The van der Waals surface area contributed by atoms with Gasteiger partial charge in [0, 0.05) is 30.3 Å². The molecule has 1 fully saturated rings. The molecule has 8 nitrogen and oxygen atoms in total. The standard InChI is InChI=1S/C24H27N5O3S/c1-15(2)33(30,31)29-20-14-18(8-9-19(20)26-24(29)25)22-21(16-6-4-3-5-7-16)27-23(28-22)17-10-12-32-13-11-17/h3-9,14-15,17H,10-13H2,1-2H3,(H2,25,26)(H,27,28). The summed E-state index contributed by atoms with van der Waals surface area (Å²) in [4.78, 5) is 12.8. The van der Waals surface area contributed by atoms with Crippen molar-refractivity contribution in [2.75, 3.05) is 18.9 Å². The Hall–Kier alpha value is -3.17. The zero-order valence-corrected chi connectivity index (χ0v) is 19.5. The van der Waals surface area contributed by atoms with E-state index in [2.05, 4.69) is 9.97 Å². The molecule has 0 amide bonds. The van der Waals surface area contributed by atoms with Gasteiger partial charge in [0.2, 0.25) is 16.0 Å². The van der Waals surface area contributed by atoms with Gasteiger partial charge in [-0.25, -0.2) is 22.4 Å². The third-order valence-electron chi connectivity index (χ3n) is 6.15. The van der Waals surface area contributed by atoms with E-state index in [1.165, 1.54) is 0 Å². The lowest BCUT2D eigenvalue weighted by Crippen LogP contribution is -2.23. The van der Waals surface area contributed by atoms with E-state index in [1.807, 2.05) is 42.5 Å². The molecule has 5 rings (SSSR count). The number of aromatic nitrogens is 4. The summed E-state index contributed by atoms with van der Waals surface area (Å²) >= 11 is 0. The van der Waals surface area contributed by atoms with Crippen LogP contribution in [0.3, 0.4) is 0 Å². The molecule has 1 aliphatic heterocycles. The summed E-state index contributed by atoms with van der Waals surface area (Å²) in [6, 6.07) is 15.6. The second-order valence-corrected chi connectivity index (χ2v) is 11.0. The van der Waals surface area contributed by atoms with Crippen LogP contribution in [0, 0.1) is 0 Å². The maximum atomic E-state index is 13.0. The van der Waals surface area contributed by atoms with Crippen LogP contribution in [0.1, 0.15) is 38.4 Å². The number of nitrogens with zero attached hydrogens (tertiary/aromatic N) is 3. The van der Waals surface area contributed by atoms with E-state index in [1.54, 1.807) is 19.9 Å². The molecule has 0 spiro atoms. The molecule has 9 heteroatoms. The number of benzene rings is 2. The van der Waals surface area contributed by atoms with Crippen molar-refractivity contribution in [1.29, 1.82) is 0 Å². The monoisotopic (exact) mass is 465 g/mol. The van der Waals surface area contributed by atoms with Crippen LogP contribution in [0.25, 0.3) is 33.5 Å². The fraction of sp³-hybridized carbons (Fsp3) is 0.333. The predicted octanol–water partition coefficient (Wildman–Crippen LogP) is 4.16. The highest BCUT2D eigenvalue weighted by Crippen LogP contribution is 2.36. The minimum Gasteiger partial charge on any atom is -0.381 e. The van der Waals surface area contributed by atoms with E-state index >= 15 is 0 Å². The predicted molar refractivity (Wildman–Crippen MR) is 129 cm³/mol. The van der Waals surface area contributed by atoms with Crippen molar-refractivity contribution in [2.45, 2.75) is 37.9 Å². The van der Waals surface area contributed by atoms with Crippen LogP contribution in [-0.2, 0) is 14.8 Å². The van der Waals surface area contributed by atoms with Gasteiger partial charge < -0.3 is 15.5 Å². The molecule has 0 aliphatic carbocycles. The largest absolute Gasteiger partial charge is 0.381 e. The summed E-state index contributed by atoms with van der Waals surface area (Å²) in [5.41, 5.74) is 10.5. The highest BCUT2D eigenvalue weighted by molar-refractivity contribution is 7.90. The maximum absolute atomic E-state index is 13.0. The van der Waals surface area contributed by atoms with E-state index < -0.39 is 15.3 Å². The summed E-state index contributed by atoms with van der Waals surface area (Å²) in [6.07, 6.45) is 1.83.